The van der Waals surface area contributed by atoms with Crippen molar-refractivity contribution >= 4 is 40.9 Å². The molecule has 0 aromatic heterocycles. The Kier molecular flexibility index (Phi) is 14.3. The van der Waals surface area contributed by atoms with E-state index in [2.05, 4.69) is 46.9 Å². The maximum absolute atomic E-state index is 11.9. The minimum Gasteiger partial charge on any atom is -0.412 e. The Morgan fingerprint density at radius 1 is 1.04 bits per heavy atom. The molecular weight excluding hydrogens is 389 g/mol. The predicted molar refractivity (Wildman–Crippen MR) is 116 cm³/mol. The Bertz CT molecular complexity index is 554. The molecule has 0 saturated heterocycles. The molecule has 0 spiro atoms. The number of nitrogens with zero attached hydrogens (tertiary/aromatic N) is 1. The normalized spacial score (nSPS) is 10.8. The summed E-state index contributed by atoms with van der Waals surface area (Å²) in [6.07, 6.45) is 0. The molecule has 1 aromatic rings. The van der Waals surface area contributed by atoms with E-state index in [0.29, 0.717) is 17.4 Å². The third-order valence-corrected chi connectivity index (χ3v) is 3.81. The minimum atomic E-state index is -0.200. The van der Waals surface area contributed by atoms with E-state index in [-0.39, 0.29) is 41.1 Å². The van der Waals surface area contributed by atoms with Gasteiger partial charge in [-0.15, -0.1) is 0 Å². The number of hydrogen-bond acceptors (Lipinski definition) is 5. The van der Waals surface area contributed by atoms with Gasteiger partial charge in [0.05, 0.1) is 0 Å². The summed E-state index contributed by atoms with van der Waals surface area (Å²) in [4.78, 5) is 14.2. The number of hydrogen-bond donors (Lipinski definition) is 4. The first-order valence-electron chi connectivity index (χ1n) is 8.78. The molecule has 2 amide bonds. The Balaban J connectivity index is 0.00000676. The van der Waals surface area contributed by atoms with Gasteiger partial charge in [0, 0.05) is 50.5 Å². The number of amides is 2. The first-order chi connectivity index (χ1) is 12.3. The molecule has 0 aliphatic heterocycles. The molecule has 0 heterocycles. The molecule has 0 atom stereocenters. The maximum atomic E-state index is 11.9. The molecule has 6 nitrogen and oxygen atoms in total. The zero-order valence-electron chi connectivity index (χ0n) is 16.8. The molecule has 0 radical (unpaired) electrons. The monoisotopic (exact) mass is 419 g/mol. The van der Waals surface area contributed by atoms with Crippen molar-refractivity contribution in [3.8, 4) is 0 Å². The number of anilines is 1. The molecule has 0 aliphatic carbocycles. The summed E-state index contributed by atoms with van der Waals surface area (Å²) in [6, 6.07) is 9.19. The van der Waals surface area contributed by atoms with Crippen LogP contribution in [0.15, 0.2) is 30.3 Å². The molecule has 1 rings (SSSR count). The molecule has 0 unspecified atom stereocenters. The van der Waals surface area contributed by atoms with Crippen molar-refractivity contribution < 1.29 is 34.4 Å². The smallest absolute Gasteiger partial charge is 0.412 e. The zero-order chi connectivity index (χ0) is 19.4. The van der Waals surface area contributed by atoms with Gasteiger partial charge in [-0.3, -0.25) is 4.90 Å². The van der Waals surface area contributed by atoms with Crippen molar-refractivity contribution in [2.24, 2.45) is 0 Å². The number of urea groups is 1. The quantitative estimate of drug-likeness (QED) is 0.220. The van der Waals surface area contributed by atoms with Crippen LogP contribution in [0, 0.1) is 0 Å². The zero-order valence-corrected chi connectivity index (χ0v) is 20.4. The molecule has 146 valence electrons. The summed E-state index contributed by atoms with van der Waals surface area (Å²) in [7, 11) is 0. The summed E-state index contributed by atoms with van der Waals surface area (Å²) in [5, 5.41) is 12.2. The summed E-state index contributed by atoms with van der Waals surface area (Å²) < 4.78 is 0.387. The van der Waals surface area contributed by atoms with Crippen LogP contribution in [0.1, 0.15) is 20.8 Å². The van der Waals surface area contributed by atoms with Crippen molar-refractivity contribution in [1.29, 1.82) is 0 Å². The molecule has 9 heteroatoms. The van der Waals surface area contributed by atoms with Gasteiger partial charge in [0.1, 0.15) is 0 Å². The average molecular weight is 420 g/mol. The van der Waals surface area contributed by atoms with Gasteiger partial charge in [0.15, 0.2) is 0 Å². The molecular formula is C18H30N5NaOS2. The van der Waals surface area contributed by atoms with Crippen LogP contribution in [0.25, 0.3) is 0 Å². The van der Waals surface area contributed by atoms with Crippen LogP contribution in [-0.4, -0.2) is 60.1 Å². The third-order valence-electron chi connectivity index (χ3n) is 3.53. The summed E-state index contributed by atoms with van der Waals surface area (Å²) >= 11 is 9.75. The predicted octanol–water partition coefficient (Wildman–Crippen LogP) is -1.08. The Labute approximate surface area is 196 Å². The van der Waals surface area contributed by atoms with Crippen LogP contribution in [0.5, 0.6) is 0 Å². The fourth-order valence-electron chi connectivity index (χ4n) is 2.26. The maximum Gasteiger partial charge on any atom is 1.00 e. The van der Waals surface area contributed by atoms with Crippen molar-refractivity contribution in [2.45, 2.75) is 26.3 Å². The average Bonchev–Trinajstić information content (AvgIpc) is 2.54. The second kappa shape index (κ2) is 14.5. The molecule has 0 bridgehead atoms. The third kappa shape index (κ3) is 15.2. The number of nitrogens with one attached hydrogen (secondary N) is 4. The van der Waals surface area contributed by atoms with E-state index in [4.69, 9.17) is 24.8 Å². The van der Waals surface area contributed by atoms with Crippen molar-refractivity contribution in [3.63, 3.8) is 0 Å². The fourth-order valence-corrected chi connectivity index (χ4v) is 2.47. The molecule has 1 aromatic carbocycles. The SMILES string of the molecule is CC(C)(C)NCCN(CCNC(=O)Nc1ccccc1)CCNC(=S)[S-].[Na+]. The number of para-hydroxylation sites is 1. The molecule has 4 N–H and O–H groups in total. The first-order valence-corrected chi connectivity index (χ1v) is 9.60. The number of carbonyl (C=O) groups excluding carboxylic acids is 1. The van der Waals surface area contributed by atoms with Gasteiger partial charge in [0.2, 0.25) is 0 Å². The van der Waals surface area contributed by atoms with Crippen LogP contribution < -0.4 is 50.8 Å². The molecule has 27 heavy (non-hydrogen) atoms. The topological polar surface area (TPSA) is 68.4 Å². The minimum absolute atomic E-state index is 0. The van der Waals surface area contributed by atoms with Crippen molar-refractivity contribution in [1.82, 2.24) is 20.9 Å². The number of rotatable bonds is 10. The van der Waals surface area contributed by atoms with Crippen LogP contribution >= 0.6 is 12.2 Å². The van der Waals surface area contributed by atoms with Crippen molar-refractivity contribution in [2.75, 3.05) is 44.6 Å². The van der Waals surface area contributed by atoms with Gasteiger partial charge in [0.25, 0.3) is 0 Å². The summed E-state index contributed by atoms with van der Waals surface area (Å²) in [6.45, 7) is 11.0. The molecule has 0 saturated carbocycles. The van der Waals surface area contributed by atoms with Gasteiger partial charge in [-0.2, -0.15) is 0 Å². The van der Waals surface area contributed by atoms with Gasteiger partial charge in [-0.1, -0.05) is 22.5 Å². The van der Waals surface area contributed by atoms with Crippen LogP contribution in [0.4, 0.5) is 10.5 Å². The number of carbonyl (C=O) groups is 1. The second-order valence-electron chi connectivity index (χ2n) is 6.98. The van der Waals surface area contributed by atoms with Gasteiger partial charge >= 0.3 is 35.6 Å². The summed E-state index contributed by atoms with van der Waals surface area (Å²) in [5.41, 5.74) is 0.860. The van der Waals surface area contributed by atoms with Crippen LogP contribution in [0.3, 0.4) is 0 Å². The van der Waals surface area contributed by atoms with E-state index < -0.39 is 0 Å². The van der Waals surface area contributed by atoms with Crippen LogP contribution in [-0.2, 0) is 12.6 Å². The Morgan fingerprint density at radius 2 is 1.59 bits per heavy atom. The molecule has 0 aliphatic rings. The standard InChI is InChI=1S/C18H31N5OS2.Na/c1-18(2,3)21-11-14-23(13-10-20-17(25)26)12-9-19-16(24)22-15-7-5-4-6-8-15;/h4-8,21H,9-14H2,1-3H3,(H2,19,22,24)(H2,20,25,26);/q;+1/p-1. The fraction of sp³-hybridized carbons (Fsp3) is 0.556. The second-order valence-corrected chi connectivity index (χ2v) is 8.05. The van der Waals surface area contributed by atoms with E-state index in [0.717, 1.165) is 31.9 Å². The first kappa shape index (κ1) is 26.5. The van der Waals surface area contributed by atoms with E-state index in [1.54, 1.807) is 0 Å². The van der Waals surface area contributed by atoms with Crippen LogP contribution in [0.2, 0.25) is 0 Å². The van der Waals surface area contributed by atoms with E-state index in [9.17, 15) is 4.79 Å². The Hall–Kier alpha value is -0.480. The Morgan fingerprint density at radius 3 is 2.15 bits per heavy atom. The molecule has 0 fully saturated rings. The largest absolute Gasteiger partial charge is 1.00 e. The van der Waals surface area contributed by atoms with Gasteiger partial charge in [-0.25, -0.2) is 4.79 Å². The van der Waals surface area contributed by atoms with E-state index in [1.165, 1.54) is 0 Å². The number of thiocarbonyl (C=S) groups is 1. The van der Waals surface area contributed by atoms with E-state index >= 15 is 0 Å². The number of benzene rings is 1. The van der Waals surface area contributed by atoms with Gasteiger partial charge < -0.3 is 46.1 Å². The van der Waals surface area contributed by atoms with E-state index in [1.807, 2.05) is 30.3 Å². The summed E-state index contributed by atoms with van der Waals surface area (Å²) in [5.74, 6) is 0. The van der Waals surface area contributed by atoms with Gasteiger partial charge in [-0.05, 0) is 32.9 Å². The van der Waals surface area contributed by atoms with Crippen molar-refractivity contribution in [3.05, 3.63) is 30.3 Å².